The van der Waals surface area contributed by atoms with Crippen LogP contribution in [0.25, 0.3) is 16.8 Å². The monoisotopic (exact) mass is 620 g/mol. The molecule has 4 heterocycles. The number of hydrogen-bond donors (Lipinski definition) is 1. The lowest BCUT2D eigenvalue weighted by molar-refractivity contribution is -0.130. The van der Waals surface area contributed by atoms with Crippen LogP contribution in [0.3, 0.4) is 0 Å². The third-order valence-corrected chi connectivity index (χ3v) is 9.24. The first-order valence-electron chi connectivity index (χ1n) is 14.6. The highest BCUT2D eigenvalue weighted by Gasteiger charge is 2.45. The maximum absolute atomic E-state index is 15.2. The zero-order chi connectivity index (χ0) is 31.1. The van der Waals surface area contributed by atoms with E-state index in [1.807, 2.05) is 4.90 Å². The van der Waals surface area contributed by atoms with E-state index in [4.69, 9.17) is 16.3 Å². The van der Waals surface area contributed by atoms with Crippen LogP contribution in [0.4, 0.5) is 14.5 Å². The van der Waals surface area contributed by atoms with Gasteiger partial charge in [-0.2, -0.15) is 10.5 Å². The Hall–Kier alpha value is -4.16. The van der Waals surface area contributed by atoms with Crippen molar-refractivity contribution in [3.63, 3.8) is 0 Å². The quantitative estimate of drug-likeness (QED) is 0.461. The molecule has 2 saturated heterocycles. The first kappa shape index (κ1) is 29.9. The molecule has 2 unspecified atom stereocenters. The highest BCUT2D eigenvalue weighted by atomic mass is 35.5. The summed E-state index contributed by atoms with van der Waals surface area (Å²) in [6, 6.07) is 8.43. The average Bonchev–Trinajstić information content (AvgIpc) is 2.98. The molecule has 0 spiro atoms. The zero-order valence-electron chi connectivity index (χ0n) is 24.0. The molecule has 2 aromatic carbocycles. The number of ether oxygens (including phenoxy) is 1. The lowest BCUT2D eigenvalue weighted by atomic mass is 9.89. The molecule has 2 aromatic rings. The first-order valence-corrected chi connectivity index (χ1v) is 15.0. The Bertz CT molecular complexity index is 1630. The molecule has 0 aliphatic carbocycles. The van der Waals surface area contributed by atoms with Gasteiger partial charge in [0.05, 0.1) is 41.0 Å². The van der Waals surface area contributed by atoms with Gasteiger partial charge in [-0.1, -0.05) is 18.2 Å². The molecule has 12 heteroatoms. The number of anilines is 1. The van der Waals surface area contributed by atoms with Crippen LogP contribution in [0.5, 0.6) is 5.75 Å². The number of rotatable bonds is 7. The lowest BCUT2D eigenvalue weighted by Crippen LogP contribution is -2.57. The fourth-order valence-corrected chi connectivity index (χ4v) is 6.96. The van der Waals surface area contributed by atoms with E-state index in [-0.39, 0.29) is 65.5 Å². The van der Waals surface area contributed by atoms with E-state index in [1.54, 1.807) is 15.9 Å². The Labute approximate surface area is 259 Å². The summed E-state index contributed by atoms with van der Waals surface area (Å²) in [5, 5.41) is 32.0. The molecule has 1 amide bonds. The van der Waals surface area contributed by atoms with Crippen molar-refractivity contribution in [1.29, 1.82) is 10.5 Å². The summed E-state index contributed by atoms with van der Waals surface area (Å²) in [7, 11) is 0. The van der Waals surface area contributed by atoms with E-state index < -0.39 is 23.9 Å². The number of hydrogen-bond acceptors (Lipinski definition) is 8. The van der Waals surface area contributed by atoms with E-state index >= 15 is 4.39 Å². The average molecular weight is 621 g/mol. The second-order valence-electron chi connectivity index (χ2n) is 11.4. The zero-order valence-corrected chi connectivity index (χ0v) is 24.7. The number of aliphatic hydroxyl groups is 1. The molecular formula is C32H31ClF2N6O3. The van der Waals surface area contributed by atoms with Crippen molar-refractivity contribution in [3.8, 4) is 29.0 Å². The summed E-state index contributed by atoms with van der Waals surface area (Å²) >= 11 is 6.86. The van der Waals surface area contributed by atoms with Gasteiger partial charge < -0.3 is 29.4 Å². The van der Waals surface area contributed by atoms with E-state index in [0.29, 0.717) is 29.9 Å². The Kier molecular flexibility index (Phi) is 8.21. The predicted octanol–water partition coefficient (Wildman–Crippen LogP) is 4.13. The highest BCUT2D eigenvalue weighted by Crippen LogP contribution is 2.54. The second-order valence-corrected chi connectivity index (χ2v) is 11.8. The van der Waals surface area contributed by atoms with Crippen LogP contribution in [0.2, 0.25) is 5.02 Å². The molecule has 0 radical (unpaired) electrons. The Balaban J connectivity index is 1.50. The topological polar surface area (TPSA) is 107 Å². The van der Waals surface area contributed by atoms with Gasteiger partial charge in [-0.3, -0.25) is 4.79 Å². The maximum atomic E-state index is 15.2. The number of aliphatic hydroxyl groups excluding tert-OH is 1. The van der Waals surface area contributed by atoms with Gasteiger partial charge in [0.2, 0.25) is 5.91 Å². The summed E-state index contributed by atoms with van der Waals surface area (Å²) in [6.45, 7) is 7.32. The van der Waals surface area contributed by atoms with Crippen molar-refractivity contribution < 1.29 is 23.4 Å². The standard InChI is InChI=1S/C32H31ClF2N6O3/c1-2-27(42)40-13-12-39(17-20(40)6-8-36)29-23-15-25(33)28(22-5-4-19(34)14-26(22)35)31-30(23)41(32(43)24(29)16-37)21(18-44-31)7-11-38-9-3-10-38/h2,4-5,14-15,20-21,32,43H,1,3,6-7,9-13,17-18H2/t20-,21?,32?/m0/s1. The number of likely N-dealkylation sites (tertiary alicyclic amines) is 1. The van der Waals surface area contributed by atoms with E-state index in [2.05, 4.69) is 23.6 Å². The Morgan fingerprint density at radius 3 is 2.61 bits per heavy atom. The summed E-state index contributed by atoms with van der Waals surface area (Å²) in [5.41, 5.74) is 1.79. The first-order chi connectivity index (χ1) is 21.3. The minimum absolute atomic E-state index is 0.0462. The lowest BCUT2D eigenvalue weighted by Gasteiger charge is -2.49. The fraction of sp³-hybridized carbons (Fsp3) is 0.406. The number of carbonyl (C=O) groups excluding carboxylic acids is 1. The molecule has 2 fully saturated rings. The number of amides is 1. The molecular weight excluding hydrogens is 590 g/mol. The molecule has 1 N–H and O–H groups in total. The summed E-state index contributed by atoms with van der Waals surface area (Å²) < 4.78 is 35.4. The maximum Gasteiger partial charge on any atom is 0.246 e. The highest BCUT2D eigenvalue weighted by molar-refractivity contribution is 6.34. The molecule has 44 heavy (non-hydrogen) atoms. The SMILES string of the molecule is C=CC(=O)N1CCN(C2=C(C#N)C(O)N3c4c2cc(Cl)c(-c2ccc(F)cc2F)c4OCC3CCN2CCC2)C[C@@H]1CC#N. The van der Waals surface area contributed by atoms with E-state index in [0.717, 1.165) is 38.2 Å². The van der Waals surface area contributed by atoms with Crippen molar-refractivity contribution in [2.24, 2.45) is 0 Å². The van der Waals surface area contributed by atoms with Crippen LogP contribution in [0.15, 0.2) is 42.5 Å². The molecule has 9 nitrogen and oxygen atoms in total. The van der Waals surface area contributed by atoms with Crippen molar-refractivity contribution in [2.45, 2.75) is 37.6 Å². The van der Waals surface area contributed by atoms with Gasteiger partial charge in [0, 0.05) is 48.9 Å². The van der Waals surface area contributed by atoms with Crippen LogP contribution >= 0.6 is 11.6 Å². The van der Waals surface area contributed by atoms with Gasteiger partial charge in [0.15, 0.2) is 12.0 Å². The van der Waals surface area contributed by atoms with Crippen molar-refractivity contribution in [3.05, 3.63) is 64.7 Å². The van der Waals surface area contributed by atoms with Gasteiger partial charge in [-0.25, -0.2) is 8.78 Å². The number of piperazine rings is 1. The van der Waals surface area contributed by atoms with Crippen LogP contribution in [-0.4, -0.2) is 89.9 Å². The molecule has 0 aromatic heterocycles. The summed E-state index contributed by atoms with van der Waals surface area (Å²) in [6.07, 6.45) is 1.71. The van der Waals surface area contributed by atoms with Gasteiger partial charge >= 0.3 is 0 Å². The fourth-order valence-electron chi connectivity index (χ4n) is 6.66. The molecule has 0 saturated carbocycles. The Morgan fingerprint density at radius 1 is 1.16 bits per heavy atom. The smallest absolute Gasteiger partial charge is 0.246 e. The van der Waals surface area contributed by atoms with Crippen LogP contribution < -0.4 is 9.64 Å². The molecule has 4 aliphatic rings. The van der Waals surface area contributed by atoms with E-state index in [9.17, 15) is 24.8 Å². The van der Waals surface area contributed by atoms with Gasteiger partial charge in [0.1, 0.15) is 29.9 Å². The van der Waals surface area contributed by atoms with Crippen molar-refractivity contribution in [2.75, 3.05) is 50.8 Å². The number of nitriles is 2. The van der Waals surface area contributed by atoms with Crippen LogP contribution in [-0.2, 0) is 4.79 Å². The predicted molar refractivity (Wildman–Crippen MR) is 160 cm³/mol. The van der Waals surface area contributed by atoms with Crippen molar-refractivity contribution >= 4 is 28.9 Å². The Morgan fingerprint density at radius 2 is 1.95 bits per heavy atom. The molecule has 228 valence electrons. The number of benzene rings is 2. The number of halogens is 3. The molecule has 0 bridgehead atoms. The minimum Gasteiger partial charge on any atom is -0.489 e. The normalized spacial score (nSPS) is 22.9. The summed E-state index contributed by atoms with van der Waals surface area (Å²) in [4.78, 5) is 20.1. The van der Waals surface area contributed by atoms with Gasteiger partial charge in [-0.15, -0.1) is 0 Å². The minimum atomic E-state index is -1.35. The molecule has 4 aliphatic heterocycles. The van der Waals surface area contributed by atoms with Gasteiger partial charge in [0.25, 0.3) is 0 Å². The van der Waals surface area contributed by atoms with E-state index in [1.165, 1.54) is 12.1 Å². The van der Waals surface area contributed by atoms with Gasteiger partial charge in [-0.05, 0) is 50.2 Å². The van der Waals surface area contributed by atoms with Crippen LogP contribution in [0, 0.1) is 34.3 Å². The summed E-state index contributed by atoms with van der Waals surface area (Å²) in [5.74, 6) is -1.60. The second kappa shape index (κ2) is 12.1. The van der Waals surface area contributed by atoms with Crippen molar-refractivity contribution in [1.82, 2.24) is 14.7 Å². The number of carbonyl (C=O) groups is 1. The molecule has 6 rings (SSSR count). The molecule has 3 atom stereocenters. The largest absolute Gasteiger partial charge is 0.489 e. The number of nitrogens with zero attached hydrogens (tertiary/aromatic N) is 6. The third-order valence-electron chi connectivity index (χ3n) is 8.94. The van der Waals surface area contributed by atoms with Crippen LogP contribution in [0.1, 0.15) is 24.8 Å². The third kappa shape index (κ3) is 5.05.